The second-order valence-electron chi connectivity index (χ2n) is 5.64. The molecule has 1 atom stereocenters. The maximum absolute atomic E-state index is 12.1. The van der Waals surface area contributed by atoms with E-state index in [9.17, 15) is 14.7 Å². The van der Waals surface area contributed by atoms with Gasteiger partial charge in [0, 0.05) is 31.2 Å². The van der Waals surface area contributed by atoms with Crippen molar-refractivity contribution in [2.75, 3.05) is 13.2 Å². The number of hydrogen-bond acceptors (Lipinski definition) is 3. The Hall–Kier alpha value is -2.34. The van der Waals surface area contributed by atoms with Gasteiger partial charge in [-0.3, -0.25) is 4.79 Å². The molecule has 3 N–H and O–H groups in total. The van der Waals surface area contributed by atoms with Crippen LogP contribution in [0.1, 0.15) is 18.4 Å². The van der Waals surface area contributed by atoms with Crippen molar-refractivity contribution in [2.24, 2.45) is 0 Å². The number of carbonyl (C=O) groups excluding carboxylic acids is 1. The standard InChI is InChI=1S/C16H18N2O4/c19-14(18-16(15(20)21)6-8-22-10-16)4-2-11-1-3-13-12(9-11)5-7-17-13/h1,3,5,7,9,17H,2,4,6,8,10H2,(H,18,19)(H,20,21). The van der Waals surface area contributed by atoms with Gasteiger partial charge in [0.1, 0.15) is 0 Å². The van der Waals surface area contributed by atoms with Crippen molar-refractivity contribution in [2.45, 2.75) is 24.8 Å². The molecule has 6 heteroatoms. The fraction of sp³-hybridized carbons (Fsp3) is 0.375. The van der Waals surface area contributed by atoms with E-state index in [1.54, 1.807) is 0 Å². The summed E-state index contributed by atoms with van der Waals surface area (Å²) in [6.07, 6.45) is 3.01. The number of carbonyl (C=O) groups is 2. The predicted octanol–water partition coefficient (Wildman–Crippen LogP) is 1.46. The van der Waals surface area contributed by atoms with Gasteiger partial charge in [0.05, 0.1) is 6.61 Å². The number of aromatic nitrogens is 1. The van der Waals surface area contributed by atoms with E-state index in [2.05, 4.69) is 10.3 Å². The van der Waals surface area contributed by atoms with Gasteiger partial charge in [-0.1, -0.05) is 6.07 Å². The minimum absolute atomic E-state index is 0.0311. The fourth-order valence-electron chi connectivity index (χ4n) is 2.73. The molecule has 0 spiro atoms. The summed E-state index contributed by atoms with van der Waals surface area (Å²) in [4.78, 5) is 26.5. The highest BCUT2D eigenvalue weighted by molar-refractivity contribution is 5.87. The maximum atomic E-state index is 12.1. The van der Waals surface area contributed by atoms with Crippen LogP contribution in [0.4, 0.5) is 0 Å². The highest BCUT2D eigenvalue weighted by Gasteiger charge is 2.43. The number of rotatable bonds is 5. The first-order valence-corrected chi connectivity index (χ1v) is 7.27. The largest absolute Gasteiger partial charge is 0.479 e. The van der Waals surface area contributed by atoms with E-state index in [1.807, 2.05) is 30.5 Å². The van der Waals surface area contributed by atoms with Gasteiger partial charge >= 0.3 is 5.97 Å². The first-order chi connectivity index (χ1) is 10.6. The summed E-state index contributed by atoms with van der Waals surface area (Å²) in [7, 11) is 0. The normalized spacial score (nSPS) is 21.1. The molecular weight excluding hydrogens is 284 g/mol. The third kappa shape index (κ3) is 2.82. The lowest BCUT2D eigenvalue weighted by Crippen LogP contribution is -2.55. The van der Waals surface area contributed by atoms with Gasteiger partial charge < -0.3 is 20.1 Å². The highest BCUT2D eigenvalue weighted by atomic mass is 16.5. The number of nitrogens with one attached hydrogen (secondary N) is 2. The lowest BCUT2D eigenvalue weighted by atomic mass is 9.98. The lowest BCUT2D eigenvalue weighted by molar-refractivity contribution is -0.147. The number of benzene rings is 1. The summed E-state index contributed by atoms with van der Waals surface area (Å²) < 4.78 is 5.13. The number of aryl methyl sites for hydroxylation is 1. The topological polar surface area (TPSA) is 91.4 Å². The Morgan fingerprint density at radius 1 is 1.36 bits per heavy atom. The molecule has 1 aromatic heterocycles. The van der Waals surface area contributed by atoms with Crippen LogP contribution in [0.5, 0.6) is 0 Å². The van der Waals surface area contributed by atoms with E-state index >= 15 is 0 Å². The second-order valence-corrected chi connectivity index (χ2v) is 5.64. The van der Waals surface area contributed by atoms with Crippen LogP contribution < -0.4 is 5.32 Å². The van der Waals surface area contributed by atoms with Crippen LogP contribution in [-0.2, 0) is 20.7 Å². The molecule has 0 bridgehead atoms. The van der Waals surface area contributed by atoms with Gasteiger partial charge in [-0.2, -0.15) is 0 Å². The number of aromatic amines is 1. The zero-order chi connectivity index (χ0) is 15.6. The second kappa shape index (κ2) is 5.81. The van der Waals surface area contributed by atoms with Crippen molar-refractivity contribution in [1.82, 2.24) is 10.3 Å². The molecule has 116 valence electrons. The summed E-state index contributed by atoms with van der Waals surface area (Å²) in [6.45, 7) is 0.389. The molecule has 1 fully saturated rings. The molecule has 6 nitrogen and oxygen atoms in total. The van der Waals surface area contributed by atoms with Crippen LogP contribution in [0.15, 0.2) is 30.5 Å². The number of carboxylic acids is 1. The lowest BCUT2D eigenvalue weighted by Gasteiger charge is -2.23. The molecule has 2 aromatic rings. The Bertz CT molecular complexity index is 701. The van der Waals surface area contributed by atoms with Crippen molar-refractivity contribution >= 4 is 22.8 Å². The van der Waals surface area contributed by atoms with E-state index in [4.69, 9.17) is 4.74 Å². The zero-order valence-electron chi connectivity index (χ0n) is 12.1. The Labute approximate surface area is 127 Å². The average Bonchev–Trinajstić information content (AvgIpc) is 3.14. The molecule has 0 radical (unpaired) electrons. The van der Waals surface area contributed by atoms with Crippen LogP contribution in [-0.4, -0.2) is 40.7 Å². The number of aliphatic carboxylic acids is 1. The van der Waals surface area contributed by atoms with Crippen molar-refractivity contribution in [3.05, 3.63) is 36.0 Å². The first-order valence-electron chi connectivity index (χ1n) is 7.27. The predicted molar refractivity (Wildman–Crippen MR) is 80.6 cm³/mol. The molecule has 1 amide bonds. The van der Waals surface area contributed by atoms with Crippen LogP contribution in [0, 0.1) is 0 Å². The Balaban J connectivity index is 1.60. The van der Waals surface area contributed by atoms with E-state index in [-0.39, 0.29) is 18.9 Å². The average molecular weight is 302 g/mol. The van der Waals surface area contributed by atoms with Crippen LogP contribution in [0.2, 0.25) is 0 Å². The zero-order valence-corrected chi connectivity index (χ0v) is 12.1. The van der Waals surface area contributed by atoms with Gasteiger partial charge in [0.2, 0.25) is 5.91 Å². The fourth-order valence-corrected chi connectivity index (χ4v) is 2.73. The summed E-state index contributed by atoms with van der Waals surface area (Å²) in [5.41, 5.74) is 0.845. The minimum Gasteiger partial charge on any atom is -0.479 e. The van der Waals surface area contributed by atoms with E-state index in [0.29, 0.717) is 19.4 Å². The van der Waals surface area contributed by atoms with Crippen LogP contribution in [0.3, 0.4) is 0 Å². The summed E-state index contributed by atoms with van der Waals surface area (Å²) >= 11 is 0. The van der Waals surface area contributed by atoms with E-state index in [1.165, 1.54) is 0 Å². The summed E-state index contributed by atoms with van der Waals surface area (Å²) in [6, 6.07) is 7.96. The number of carboxylic acid groups (broad SMARTS) is 1. The van der Waals surface area contributed by atoms with Gasteiger partial charge in [0.15, 0.2) is 5.54 Å². The number of amides is 1. The monoisotopic (exact) mass is 302 g/mol. The SMILES string of the molecule is O=C(CCc1ccc2[nH]ccc2c1)NC1(C(=O)O)CCOC1. The molecular formula is C16H18N2O4. The molecule has 2 heterocycles. The molecule has 3 rings (SSSR count). The van der Waals surface area contributed by atoms with Gasteiger partial charge in [0.25, 0.3) is 0 Å². The van der Waals surface area contributed by atoms with Crippen molar-refractivity contribution in [3.8, 4) is 0 Å². The molecule has 0 saturated carbocycles. The molecule has 0 aliphatic carbocycles. The molecule has 1 unspecified atom stereocenters. The third-order valence-electron chi connectivity index (χ3n) is 4.07. The Kier molecular flexibility index (Phi) is 3.85. The number of H-pyrrole nitrogens is 1. The molecule has 22 heavy (non-hydrogen) atoms. The molecule has 1 aliphatic rings. The van der Waals surface area contributed by atoms with E-state index < -0.39 is 11.5 Å². The van der Waals surface area contributed by atoms with Crippen molar-refractivity contribution in [1.29, 1.82) is 0 Å². The van der Waals surface area contributed by atoms with Gasteiger partial charge in [-0.05, 0) is 35.6 Å². The molecule has 1 aliphatic heterocycles. The van der Waals surface area contributed by atoms with Crippen LogP contribution >= 0.6 is 0 Å². The van der Waals surface area contributed by atoms with E-state index in [0.717, 1.165) is 16.5 Å². The smallest absolute Gasteiger partial charge is 0.331 e. The number of ether oxygens (including phenoxy) is 1. The highest BCUT2D eigenvalue weighted by Crippen LogP contribution is 2.20. The summed E-state index contributed by atoms with van der Waals surface area (Å²) in [5, 5.41) is 13.0. The van der Waals surface area contributed by atoms with Crippen molar-refractivity contribution < 1.29 is 19.4 Å². The van der Waals surface area contributed by atoms with Gasteiger partial charge in [-0.25, -0.2) is 4.79 Å². The minimum atomic E-state index is -1.26. The molecule has 1 saturated heterocycles. The number of hydrogen-bond donors (Lipinski definition) is 3. The molecule has 1 aromatic carbocycles. The Morgan fingerprint density at radius 2 is 2.23 bits per heavy atom. The maximum Gasteiger partial charge on any atom is 0.331 e. The number of fused-ring (bicyclic) bond motifs is 1. The Morgan fingerprint density at radius 3 is 2.95 bits per heavy atom. The van der Waals surface area contributed by atoms with Crippen LogP contribution in [0.25, 0.3) is 10.9 Å². The first kappa shape index (κ1) is 14.6. The third-order valence-corrected chi connectivity index (χ3v) is 4.07. The quantitative estimate of drug-likeness (QED) is 0.780. The van der Waals surface area contributed by atoms with Crippen molar-refractivity contribution in [3.63, 3.8) is 0 Å². The summed E-state index contributed by atoms with van der Waals surface area (Å²) in [5.74, 6) is -1.30. The van der Waals surface area contributed by atoms with Gasteiger partial charge in [-0.15, -0.1) is 0 Å².